The summed E-state index contributed by atoms with van der Waals surface area (Å²) in [7, 11) is -3.83. The molecule has 0 aliphatic carbocycles. The van der Waals surface area contributed by atoms with Gasteiger partial charge in [0.05, 0.1) is 10.6 Å². The number of sulfonamides is 1. The summed E-state index contributed by atoms with van der Waals surface area (Å²) in [5.41, 5.74) is 2.74. The third-order valence-electron chi connectivity index (χ3n) is 3.74. The SMILES string of the molecule is Cc1ccc(-c2cc(F)c(F)cc2-c2ccc(S(N)(=O)=O)cc2)nc1. The molecule has 0 aliphatic rings. The van der Waals surface area contributed by atoms with Crippen LogP contribution in [0.3, 0.4) is 0 Å². The van der Waals surface area contributed by atoms with Crippen LogP contribution in [0.5, 0.6) is 0 Å². The first-order valence-electron chi connectivity index (χ1n) is 7.31. The summed E-state index contributed by atoms with van der Waals surface area (Å²) in [5.74, 6) is -1.98. The number of hydrogen-bond acceptors (Lipinski definition) is 3. The third kappa shape index (κ3) is 3.57. The molecule has 0 bridgehead atoms. The van der Waals surface area contributed by atoms with Gasteiger partial charge in [-0.15, -0.1) is 0 Å². The van der Waals surface area contributed by atoms with Crippen LogP contribution in [0, 0.1) is 18.6 Å². The molecule has 128 valence electrons. The van der Waals surface area contributed by atoms with Gasteiger partial charge in [-0.25, -0.2) is 22.3 Å². The lowest BCUT2D eigenvalue weighted by atomic mass is 9.96. The predicted molar refractivity (Wildman–Crippen MR) is 91.1 cm³/mol. The first-order valence-corrected chi connectivity index (χ1v) is 8.85. The summed E-state index contributed by atoms with van der Waals surface area (Å²) in [6.45, 7) is 1.87. The van der Waals surface area contributed by atoms with Gasteiger partial charge in [0.25, 0.3) is 0 Å². The minimum absolute atomic E-state index is 0.0613. The second-order valence-electron chi connectivity index (χ2n) is 5.60. The normalized spacial score (nSPS) is 11.5. The van der Waals surface area contributed by atoms with Gasteiger partial charge in [-0.3, -0.25) is 4.98 Å². The van der Waals surface area contributed by atoms with Crippen molar-refractivity contribution in [3.05, 3.63) is 71.9 Å². The van der Waals surface area contributed by atoms with Crippen LogP contribution in [0.1, 0.15) is 5.56 Å². The monoisotopic (exact) mass is 360 g/mol. The number of pyridine rings is 1. The molecule has 0 saturated carbocycles. The molecule has 0 spiro atoms. The van der Waals surface area contributed by atoms with E-state index >= 15 is 0 Å². The maximum Gasteiger partial charge on any atom is 0.238 e. The average Bonchev–Trinajstić information content (AvgIpc) is 2.57. The Morgan fingerprint density at radius 1 is 0.920 bits per heavy atom. The lowest BCUT2D eigenvalue weighted by Gasteiger charge is -2.11. The van der Waals surface area contributed by atoms with E-state index < -0.39 is 21.7 Å². The van der Waals surface area contributed by atoms with Crippen LogP contribution >= 0.6 is 0 Å². The number of nitrogens with two attached hydrogens (primary N) is 1. The zero-order chi connectivity index (χ0) is 18.2. The molecule has 0 atom stereocenters. The van der Waals surface area contributed by atoms with Gasteiger partial charge >= 0.3 is 0 Å². The molecule has 0 radical (unpaired) electrons. The zero-order valence-electron chi connectivity index (χ0n) is 13.2. The van der Waals surface area contributed by atoms with Crippen LogP contribution in [0.2, 0.25) is 0 Å². The number of aromatic nitrogens is 1. The number of hydrogen-bond donors (Lipinski definition) is 1. The van der Waals surface area contributed by atoms with Crippen molar-refractivity contribution < 1.29 is 17.2 Å². The summed E-state index contributed by atoms with van der Waals surface area (Å²) in [4.78, 5) is 4.20. The standard InChI is InChI=1S/C18H14F2N2O2S/c1-11-2-7-18(22-10-11)15-9-17(20)16(19)8-14(15)12-3-5-13(6-4-12)25(21,23)24/h2-10H,1H3,(H2,21,23,24). The van der Waals surface area contributed by atoms with Crippen LogP contribution in [0.15, 0.2) is 59.6 Å². The Morgan fingerprint density at radius 3 is 2.04 bits per heavy atom. The van der Waals surface area contributed by atoms with Crippen molar-refractivity contribution >= 4 is 10.0 Å². The molecule has 2 aromatic carbocycles. The summed E-state index contributed by atoms with van der Waals surface area (Å²) >= 11 is 0. The van der Waals surface area contributed by atoms with Crippen molar-refractivity contribution in [2.45, 2.75) is 11.8 Å². The second-order valence-corrected chi connectivity index (χ2v) is 7.16. The molecule has 1 aromatic heterocycles. The number of primary sulfonamides is 1. The lowest BCUT2D eigenvalue weighted by molar-refractivity contribution is 0.509. The first-order chi connectivity index (χ1) is 11.8. The quantitative estimate of drug-likeness (QED) is 0.775. The highest BCUT2D eigenvalue weighted by atomic mass is 32.2. The van der Waals surface area contributed by atoms with Gasteiger partial charge in [-0.2, -0.15) is 0 Å². The van der Waals surface area contributed by atoms with E-state index in [1.54, 1.807) is 12.3 Å². The van der Waals surface area contributed by atoms with Crippen molar-refractivity contribution in [3.63, 3.8) is 0 Å². The van der Waals surface area contributed by atoms with E-state index in [0.29, 0.717) is 22.4 Å². The van der Waals surface area contributed by atoms with Gasteiger partial charge in [0, 0.05) is 11.8 Å². The van der Waals surface area contributed by atoms with Crippen molar-refractivity contribution in [2.75, 3.05) is 0 Å². The number of benzene rings is 2. The largest absolute Gasteiger partial charge is 0.256 e. The predicted octanol–water partition coefficient (Wildman–Crippen LogP) is 3.65. The highest BCUT2D eigenvalue weighted by Crippen LogP contribution is 2.33. The molecule has 2 N–H and O–H groups in total. The third-order valence-corrected chi connectivity index (χ3v) is 4.67. The van der Waals surface area contributed by atoms with E-state index in [2.05, 4.69) is 4.98 Å². The van der Waals surface area contributed by atoms with E-state index in [1.165, 1.54) is 24.3 Å². The van der Waals surface area contributed by atoms with Gasteiger partial charge in [-0.1, -0.05) is 18.2 Å². The molecule has 3 aromatic rings. The molecule has 0 saturated heterocycles. The second kappa shape index (κ2) is 6.34. The van der Waals surface area contributed by atoms with E-state index in [9.17, 15) is 17.2 Å². The Hall–Kier alpha value is -2.64. The van der Waals surface area contributed by atoms with Crippen molar-refractivity contribution in [2.24, 2.45) is 5.14 Å². The molecule has 7 heteroatoms. The van der Waals surface area contributed by atoms with Gasteiger partial charge < -0.3 is 0 Å². The Bertz CT molecular complexity index is 1030. The van der Waals surface area contributed by atoms with Crippen LogP contribution in [0.25, 0.3) is 22.4 Å². The maximum atomic E-state index is 13.8. The molecule has 3 rings (SSSR count). The van der Waals surface area contributed by atoms with Crippen LogP contribution in [0.4, 0.5) is 8.78 Å². The fraction of sp³-hybridized carbons (Fsp3) is 0.0556. The Kier molecular flexibility index (Phi) is 4.36. The summed E-state index contributed by atoms with van der Waals surface area (Å²) < 4.78 is 50.3. The molecule has 0 unspecified atom stereocenters. The van der Waals surface area contributed by atoms with Crippen LogP contribution in [-0.2, 0) is 10.0 Å². The Labute approximate surface area is 144 Å². The zero-order valence-corrected chi connectivity index (χ0v) is 14.0. The van der Waals surface area contributed by atoms with Gasteiger partial charge in [0.15, 0.2) is 11.6 Å². The molecule has 0 fully saturated rings. The lowest BCUT2D eigenvalue weighted by Crippen LogP contribution is -2.11. The van der Waals surface area contributed by atoms with Crippen LogP contribution < -0.4 is 5.14 Å². The molecular weight excluding hydrogens is 346 g/mol. The van der Waals surface area contributed by atoms with E-state index in [-0.39, 0.29) is 4.90 Å². The Balaban J connectivity index is 2.18. The molecule has 25 heavy (non-hydrogen) atoms. The molecule has 4 nitrogen and oxygen atoms in total. The minimum atomic E-state index is -3.83. The van der Waals surface area contributed by atoms with E-state index in [0.717, 1.165) is 17.7 Å². The number of aryl methyl sites for hydroxylation is 1. The fourth-order valence-electron chi connectivity index (χ4n) is 2.45. The molecule has 0 amide bonds. The summed E-state index contributed by atoms with van der Waals surface area (Å²) in [6, 6.07) is 11.3. The molecular formula is C18H14F2N2O2S. The van der Waals surface area contributed by atoms with Crippen molar-refractivity contribution in [1.29, 1.82) is 0 Å². The number of rotatable bonds is 3. The summed E-state index contributed by atoms with van der Waals surface area (Å²) in [6.07, 6.45) is 1.63. The topological polar surface area (TPSA) is 73.1 Å². The van der Waals surface area contributed by atoms with Crippen LogP contribution in [-0.4, -0.2) is 13.4 Å². The van der Waals surface area contributed by atoms with Crippen molar-refractivity contribution in [1.82, 2.24) is 4.98 Å². The van der Waals surface area contributed by atoms with Gasteiger partial charge in [0.2, 0.25) is 10.0 Å². The summed E-state index contributed by atoms with van der Waals surface area (Å²) in [5, 5.41) is 5.08. The first kappa shape index (κ1) is 17.2. The highest BCUT2D eigenvalue weighted by molar-refractivity contribution is 7.89. The molecule has 0 aliphatic heterocycles. The molecule has 1 heterocycles. The fourth-order valence-corrected chi connectivity index (χ4v) is 2.96. The number of nitrogens with zero attached hydrogens (tertiary/aromatic N) is 1. The van der Waals surface area contributed by atoms with Gasteiger partial charge in [0.1, 0.15) is 0 Å². The smallest absolute Gasteiger partial charge is 0.238 e. The Morgan fingerprint density at radius 2 is 1.52 bits per heavy atom. The maximum absolute atomic E-state index is 13.8. The average molecular weight is 360 g/mol. The highest BCUT2D eigenvalue weighted by Gasteiger charge is 2.15. The minimum Gasteiger partial charge on any atom is -0.256 e. The van der Waals surface area contributed by atoms with E-state index in [4.69, 9.17) is 5.14 Å². The van der Waals surface area contributed by atoms with Gasteiger partial charge in [-0.05, 0) is 53.9 Å². The van der Waals surface area contributed by atoms with E-state index in [1.807, 2.05) is 13.0 Å². The number of halogens is 2. The van der Waals surface area contributed by atoms with Crippen molar-refractivity contribution in [3.8, 4) is 22.4 Å².